The Morgan fingerprint density at radius 3 is 2.42 bits per heavy atom. The number of nitrogens with zero attached hydrogens (tertiary/aromatic N) is 1. The van der Waals surface area contributed by atoms with Gasteiger partial charge in [-0.15, -0.1) is 11.3 Å². The molecular weight excluding hydrogens is 430 g/mol. The van der Waals surface area contributed by atoms with Gasteiger partial charge in [0.1, 0.15) is 0 Å². The summed E-state index contributed by atoms with van der Waals surface area (Å²) in [7, 11) is 0. The molecule has 0 radical (unpaired) electrons. The number of benzene rings is 3. The number of rotatable bonds is 4. The van der Waals surface area contributed by atoms with E-state index in [0.717, 1.165) is 33.1 Å². The maximum atomic E-state index is 13.7. The molecule has 2 N–H and O–H groups in total. The van der Waals surface area contributed by atoms with Crippen molar-refractivity contribution in [1.82, 2.24) is 0 Å². The van der Waals surface area contributed by atoms with Gasteiger partial charge in [-0.2, -0.15) is 0 Å². The molecule has 1 aliphatic rings. The van der Waals surface area contributed by atoms with Crippen molar-refractivity contribution in [2.45, 2.75) is 19.9 Å². The Hall–Kier alpha value is -3.90. The van der Waals surface area contributed by atoms with Crippen LogP contribution in [0.5, 0.6) is 0 Å². The van der Waals surface area contributed by atoms with Gasteiger partial charge >= 0.3 is 0 Å². The fourth-order valence-corrected chi connectivity index (χ4v) is 4.90. The summed E-state index contributed by atoms with van der Waals surface area (Å²) in [5.74, 6) is -0.188. The monoisotopic (exact) mass is 453 g/mol. The molecule has 1 aliphatic heterocycles. The van der Waals surface area contributed by atoms with Gasteiger partial charge in [0.15, 0.2) is 0 Å². The second-order valence-corrected chi connectivity index (χ2v) is 8.97. The minimum atomic E-state index is -0.120. The van der Waals surface area contributed by atoms with Crippen molar-refractivity contribution >= 4 is 45.9 Å². The lowest BCUT2D eigenvalue weighted by atomic mass is 10.1. The van der Waals surface area contributed by atoms with Gasteiger partial charge in [0.05, 0.1) is 23.5 Å². The fraction of sp³-hybridized carbons (Fsp3) is 0.111. The second kappa shape index (κ2) is 8.92. The number of carbonyl (C=O) groups excluding carboxylic acids is 2. The average Bonchev–Trinajstić information content (AvgIpc) is 3.15. The first-order valence-electron chi connectivity index (χ1n) is 10.8. The lowest BCUT2D eigenvalue weighted by Gasteiger charge is -2.24. The van der Waals surface area contributed by atoms with Gasteiger partial charge in [0.2, 0.25) is 5.91 Å². The number of carbonyl (C=O) groups is 2. The molecule has 1 aromatic heterocycles. The highest BCUT2D eigenvalue weighted by Crippen LogP contribution is 2.38. The topological polar surface area (TPSA) is 61.4 Å². The van der Waals surface area contributed by atoms with Gasteiger partial charge in [0.25, 0.3) is 5.91 Å². The first-order valence-corrected chi connectivity index (χ1v) is 11.7. The minimum Gasteiger partial charge on any atom is -0.379 e. The van der Waals surface area contributed by atoms with Crippen LogP contribution in [0, 0.1) is 6.92 Å². The van der Waals surface area contributed by atoms with E-state index in [4.69, 9.17) is 0 Å². The highest BCUT2D eigenvalue weighted by atomic mass is 32.1. The zero-order valence-corrected chi connectivity index (χ0v) is 19.0. The van der Waals surface area contributed by atoms with Gasteiger partial charge in [-0.25, -0.2) is 0 Å². The molecule has 0 saturated carbocycles. The quantitative estimate of drug-likeness (QED) is 0.390. The molecule has 3 aromatic carbocycles. The number of hydrogen-bond acceptors (Lipinski definition) is 4. The third-order valence-corrected chi connectivity index (χ3v) is 6.78. The van der Waals surface area contributed by atoms with Crippen LogP contribution in [0.1, 0.15) is 26.4 Å². The van der Waals surface area contributed by atoms with E-state index in [-0.39, 0.29) is 11.8 Å². The first kappa shape index (κ1) is 21.0. The number of para-hydroxylation sites is 3. The Kier molecular flexibility index (Phi) is 5.67. The van der Waals surface area contributed by atoms with E-state index in [1.807, 2.05) is 66.9 Å². The van der Waals surface area contributed by atoms with E-state index in [2.05, 4.69) is 10.6 Å². The first-order chi connectivity index (χ1) is 16.1. The van der Waals surface area contributed by atoms with Crippen molar-refractivity contribution in [3.63, 3.8) is 0 Å². The molecule has 0 bridgehead atoms. The molecule has 33 heavy (non-hydrogen) atoms. The Morgan fingerprint density at radius 2 is 1.67 bits per heavy atom. The number of thiophene rings is 1. The van der Waals surface area contributed by atoms with Crippen molar-refractivity contribution in [3.05, 3.63) is 106 Å². The lowest BCUT2D eigenvalue weighted by molar-refractivity contribution is -0.115. The fourth-order valence-electron chi connectivity index (χ4n) is 4.00. The van der Waals surface area contributed by atoms with Crippen molar-refractivity contribution in [2.75, 3.05) is 15.5 Å². The van der Waals surface area contributed by atoms with Crippen molar-refractivity contribution in [1.29, 1.82) is 0 Å². The van der Waals surface area contributed by atoms with Crippen LogP contribution >= 0.6 is 11.3 Å². The Bertz CT molecular complexity index is 1280. The maximum absolute atomic E-state index is 13.7. The summed E-state index contributed by atoms with van der Waals surface area (Å²) in [6.45, 7) is 2.65. The zero-order valence-electron chi connectivity index (χ0n) is 18.2. The SMILES string of the molecule is Cc1ccsc1CC(=O)Nc1ccc(C(=O)N2c3ccccc3CNc3ccccc32)cc1. The molecule has 6 heteroatoms. The van der Waals surface area contributed by atoms with Crippen molar-refractivity contribution in [2.24, 2.45) is 0 Å². The molecule has 2 heterocycles. The van der Waals surface area contributed by atoms with Crippen LogP contribution in [-0.2, 0) is 17.8 Å². The number of amides is 2. The van der Waals surface area contributed by atoms with Crippen LogP contribution in [0.15, 0.2) is 84.2 Å². The Labute approximate surface area is 196 Å². The van der Waals surface area contributed by atoms with Crippen LogP contribution in [-0.4, -0.2) is 11.8 Å². The standard InChI is InChI=1S/C27H23N3O2S/c1-18-14-15-33-25(18)16-26(31)29-21-12-10-19(11-13-21)27(32)30-23-8-4-2-6-20(23)17-28-22-7-3-5-9-24(22)30/h2-15,28H,16-17H2,1H3,(H,29,31). The van der Waals surface area contributed by atoms with Crippen molar-refractivity contribution in [3.8, 4) is 0 Å². The molecular formula is C27H23N3O2S. The molecule has 0 saturated heterocycles. The van der Waals surface area contributed by atoms with Gasteiger partial charge in [-0.05, 0) is 72.0 Å². The second-order valence-electron chi connectivity index (χ2n) is 7.97. The minimum absolute atomic E-state index is 0.0685. The van der Waals surface area contributed by atoms with Crippen LogP contribution in [0.4, 0.5) is 22.7 Å². The van der Waals surface area contributed by atoms with E-state index >= 15 is 0 Å². The zero-order chi connectivity index (χ0) is 22.8. The summed E-state index contributed by atoms with van der Waals surface area (Å²) < 4.78 is 0. The van der Waals surface area contributed by atoms with Gasteiger partial charge in [0, 0.05) is 22.7 Å². The predicted molar refractivity (Wildman–Crippen MR) is 135 cm³/mol. The van der Waals surface area contributed by atoms with E-state index in [9.17, 15) is 9.59 Å². The van der Waals surface area contributed by atoms with Crippen LogP contribution in [0.3, 0.4) is 0 Å². The molecule has 5 nitrogen and oxygen atoms in total. The Morgan fingerprint density at radius 1 is 0.939 bits per heavy atom. The average molecular weight is 454 g/mol. The molecule has 0 fully saturated rings. The van der Waals surface area contributed by atoms with E-state index in [0.29, 0.717) is 24.2 Å². The maximum Gasteiger partial charge on any atom is 0.262 e. The van der Waals surface area contributed by atoms with Gasteiger partial charge < -0.3 is 10.6 Å². The van der Waals surface area contributed by atoms with Crippen molar-refractivity contribution < 1.29 is 9.59 Å². The summed E-state index contributed by atoms with van der Waals surface area (Å²) in [4.78, 5) is 28.9. The molecule has 164 valence electrons. The third kappa shape index (κ3) is 4.25. The molecule has 5 rings (SSSR count). The summed E-state index contributed by atoms with van der Waals surface area (Å²) in [5.41, 5.74) is 5.99. The highest BCUT2D eigenvalue weighted by Gasteiger charge is 2.26. The smallest absolute Gasteiger partial charge is 0.262 e. The van der Waals surface area contributed by atoms with E-state index in [1.165, 1.54) is 0 Å². The van der Waals surface area contributed by atoms with Crippen LogP contribution < -0.4 is 15.5 Å². The molecule has 0 spiro atoms. The van der Waals surface area contributed by atoms with E-state index in [1.54, 1.807) is 40.5 Å². The molecule has 0 unspecified atom stereocenters. The van der Waals surface area contributed by atoms with Gasteiger partial charge in [-0.1, -0.05) is 30.3 Å². The molecule has 0 atom stereocenters. The predicted octanol–water partition coefficient (Wildman–Crippen LogP) is 6.14. The van der Waals surface area contributed by atoms with Crippen LogP contribution in [0.25, 0.3) is 0 Å². The highest BCUT2D eigenvalue weighted by molar-refractivity contribution is 7.10. The lowest BCUT2D eigenvalue weighted by Crippen LogP contribution is -2.26. The number of aryl methyl sites for hydroxylation is 1. The summed E-state index contributed by atoms with van der Waals surface area (Å²) in [6.07, 6.45) is 0.346. The summed E-state index contributed by atoms with van der Waals surface area (Å²) in [5, 5.41) is 8.35. The number of hydrogen-bond donors (Lipinski definition) is 2. The third-order valence-electron chi connectivity index (χ3n) is 5.75. The Balaban J connectivity index is 1.40. The molecule has 4 aromatic rings. The van der Waals surface area contributed by atoms with E-state index < -0.39 is 0 Å². The number of fused-ring (bicyclic) bond motifs is 2. The van der Waals surface area contributed by atoms with Gasteiger partial charge in [-0.3, -0.25) is 14.5 Å². The number of nitrogens with one attached hydrogen (secondary N) is 2. The molecule has 2 amide bonds. The summed E-state index contributed by atoms with van der Waals surface area (Å²) >= 11 is 1.59. The normalized spacial score (nSPS) is 12.2. The largest absolute Gasteiger partial charge is 0.379 e. The van der Waals surface area contributed by atoms with Crippen LogP contribution in [0.2, 0.25) is 0 Å². The number of anilines is 4. The summed E-state index contributed by atoms with van der Waals surface area (Å²) in [6, 6.07) is 24.8. The molecule has 0 aliphatic carbocycles.